The molecule has 8 heteroatoms. The maximum atomic E-state index is 11.7. The average molecular weight is 350 g/mol. The third-order valence-corrected chi connectivity index (χ3v) is 3.43. The van der Waals surface area contributed by atoms with Crippen LogP contribution in [0.2, 0.25) is 5.02 Å². The fraction of sp³-hybridized carbons (Fsp3) is 0.125. The lowest BCUT2D eigenvalue weighted by Gasteiger charge is -2.10. The first-order valence-corrected chi connectivity index (χ1v) is 7.06. The van der Waals surface area contributed by atoms with Crippen molar-refractivity contribution in [1.82, 2.24) is 0 Å². The van der Waals surface area contributed by atoms with Gasteiger partial charge in [-0.2, -0.15) is 0 Å². The summed E-state index contributed by atoms with van der Waals surface area (Å²) in [5, 5.41) is 11.2. The lowest BCUT2D eigenvalue weighted by molar-refractivity contribution is -0.385. The Balaban J connectivity index is 2.38. The molecule has 0 bridgehead atoms. The molecule has 0 aliphatic rings. The van der Waals surface area contributed by atoms with Gasteiger partial charge in [0.25, 0.3) is 5.69 Å². The topological polar surface area (TPSA) is 95.7 Å². The van der Waals surface area contributed by atoms with Crippen molar-refractivity contribution in [3.05, 3.63) is 62.7 Å². The van der Waals surface area contributed by atoms with E-state index in [-0.39, 0.29) is 27.9 Å². The van der Waals surface area contributed by atoms with Gasteiger partial charge in [0.2, 0.25) is 0 Å². The predicted octanol–water partition coefficient (Wildman–Crippen LogP) is 4.03. The zero-order valence-corrected chi connectivity index (χ0v) is 13.5. The zero-order chi connectivity index (χ0) is 17.9. The van der Waals surface area contributed by atoms with E-state index in [2.05, 4.69) is 4.74 Å². The molecule has 0 aliphatic carbocycles. The molecular formula is C16H12ClNO6. The monoisotopic (exact) mass is 349 g/mol. The van der Waals surface area contributed by atoms with Crippen LogP contribution in [-0.4, -0.2) is 23.8 Å². The molecule has 0 heterocycles. The third kappa shape index (κ3) is 3.69. The van der Waals surface area contributed by atoms with Gasteiger partial charge in [-0.15, -0.1) is 0 Å². The number of nitrogens with zero attached hydrogens (tertiary/aromatic N) is 1. The molecule has 0 saturated carbocycles. The number of carbonyl (C=O) groups is 2. The lowest BCUT2D eigenvalue weighted by atomic mass is 10.1. The predicted molar refractivity (Wildman–Crippen MR) is 86.0 cm³/mol. The fourth-order valence-corrected chi connectivity index (χ4v) is 2.16. The van der Waals surface area contributed by atoms with Gasteiger partial charge in [-0.1, -0.05) is 11.6 Å². The van der Waals surface area contributed by atoms with Crippen molar-refractivity contribution in [1.29, 1.82) is 0 Å². The maximum absolute atomic E-state index is 11.7. The van der Waals surface area contributed by atoms with Crippen LogP contribution in [-0.2, 0) is 4.74 Å². The molecule has 0 fully saturated rings. The first-order valence-electron chi connectivity index (χ1n) is 6.68. The van der Waals surface area contributed by atoms with Gasteiger partial charge in [0, 0.05) is 17.7 Å². The largest absolute Gasteiger partial charge is 0.465 e. The third-order valence-electron chi connectivity index (χ3n) is 3.14. The van der Waals surface area contributed by atoms with Crippen LogP contribution in [0.3, 0.4) is 0 Å². The fourth-order valence-electron chi connectivity index (χ4n) is 1.94. The quantitative estimate of drug-likeness (QED) is 0.350. The van der Waals surface area contributed by atoms with Gasteiger partial charge in [-0.05, 0) is 31.2 Å². The van der Waals surface area contributed by atoms with Crippen molar-refractivity contribution in [2.75, 3.05) is 7.11 Å². The number of halogens is 1. The van der Waals surface area contributed by atoms with Gasteiger partial charge < -0.3 is 9.47 Å². The van der Waals surface area contributed by atoms with Crippen LogP contribution in [0.5, 0.6) is 11.5 Å². The first-order chi connectivity index (χ1) is 11.3. The van der Waals surface area contributed by atoms with Crippen LogP contribution in [0.4, 0.5) is 5.69 Å². The molecule has 0 aromatic heterocycles. The number of hydrogen-bond donors (Lipinski definition) is 0. The number of esters is 1. The number of Topliss-reactive ketones (excluding diaryl/α,β-unsaturated/α-hetero) is 1. The van der Waals surface area contributed by atoms with Gasteiger partial charge in [-0.25, -0.2) is 4.79 Å². The van der Waals surface area contributed by atoms with Gasteiger partial charge in [0.1, 0.15) is 17.1 Å². The second-order valence-electron chi connectivity index (χ2n) is 4.73. The number of carbonyl (C=O) groups excluding carboxylic acids is 2. The molecule has 0 aliphatic heterocycles. The van der Waals surface area contributed by atoms with E-state index >= 15 is 0 Å². The minimum absolute atomic E-state index is 0.147. The Hall–Kier alpha value is -2.93. The number of nitro benzene ring substituents is 1. The summed E-state index contributed by atoms with van der Waals surface area (Å²) in [7, 11) is 1.12. The van der Waals surface area contributed by atoms with E-state index in [9.17, 15) is 19.7 Å². The number of ketones is 1. The van der Waals surface area contributed by atoms with Crippen molar-refractivity contribution < 1.29 is 24.0 Å². The molecule has 124 valence electrons. The molecule has 24 heavy (non-hydrogen) atoms. The first kappa shape index (κ1) is 17.4. The second-order valence-corrected chi connectivity index (χ2v) is 5.14. The van der Waals surface area contributed by atoms with Gasteiger partial charge in [0.05, 0.1) is 17.1 Å². The van der Waals surface area contributed by atoms with Crippen molar-refractivity contribution >= 4 is 29.0 Å². The summed E-state index contributed by atoms with van der Waals surface area (Å²) in [5.41, 5.74) is -0.213. The number of hydrogen-bond acceptors (Lipinski definition) is 6. The van der Waals surface area contributed by atoms with Gasteiger partial charge in [0.15, 0.2) is 5.78 Å². The summed E-state index contributed by atoms with van der Waals surface area (Å²) in [6, 6.07) is 8.15. The van der Waals surface area contributed by atoms with E-state index in [4.69, 9.17) is 16.3 Å². The van der Waals surface area contributed by atoms with Crippen LogP contribution in [0.1, 0.15) is 27.6 Å². The number of ether oxygens (including phenoxy) is 2. The number of methoxy groups -OCH3 is 1. The molecule has 0 unspecified atom stereocenters. The van der Waals surface area contributed by atoms with E-state index in [0.717, 1.165) is 13.2 Å². The smallest absolute Gasteiger partial charge is 0.345 e. The number of rotatable bonds is 5. The number of nitro groups is 1. The van der Waals surface area contributed by atoms with Crippen LogP contribution in [0.15, 0.2) is 36.4 Å². The van der Waals surface area contributed by atoms with E-state index in [1.807, 2.05) is 0 Å². The summed E-state index contributed by atoms with van der Waals surface area (Å²) in [6.07, 6.45) is 0. The van der Waals surface area contributed by atoms with Crippen LogP contribution in [0, 0.1) is 10.1 Å². The highest BCUT2D eigenvalue weighted by molar-refractivity contribution is 6.32. The lowest BCUT2D eigenvalue weighted by Crippen LogP contribution is -2.06. The molecule has 0 radical (unpaired) electrons. The summed E-state index contributed by atoms with van der Waals surface area (Å²) in [4.78, 5) is 33.3. The molecule has 0 spiro atoms. The Morgan fingerprint density at radius 2 is 1.88 bits per heavy atom. The second kappa shape index (κ2) is 7.10. The highest BCUT2D eigenvalue weighted by atomic mass is 35.5. The molecule has 7 nitrogen and oxygen atoms in total. The number of benzene rings is 2. The molecular weight excluding hydrogens is 338 g/mol. The molecule has 2 rings (SSSR count). The van der Waals surface area contributed by atoms with Crippen LogP contribution < -0.4 is 4.74 Å². The van der Waals surface area contributed by atoms with Gasteiger partial charge >= 0.3 is 5.97 Å². The van der Waals surface area contributed by atoms with Crippen molar-refractivity contribution in [2.45, 2.75) is 6.92 Å². The van der Waals surface area contributed by atoms with Crippen molar-refractivity contribution in [3.8, 4) is 11.5 Å². The Kier molecular flexibility index (Phi) is 5.15. The van der Waals surface area contributed by atoms with E-state index in [0.29, 0.717) is 5.56 Å². The average Bonchev–Trinajstić information content (AvgIpc) is 2.55. The Bertz CT molecular complexity index is 833. The minimum atomic E-state index is -0.856. The Morgan fingerprint density at radius 1 is 1.17 bits per heavy atom. The molecule has 0 N–H and O–H groups in total. The molecule has 0 amide bonds. The van der Waals surface area contributed by atoms with E-state index in [1.165, 1.54) is 37.3 Å². The molecule has 0 atom stereocenters. The van der Waals surface area contributed by atoms with Crippen LogP contribution >= 0.6 is 11.6 Å². The Labute approximate surface area is 141 Å². The van der Waals surface area contributed by atoms with E-state index < -0.39 is 16.6 Å². The Morgan fingerprint density at radius 3 is 2.42 bits per heavy atom. The summed E-state index contributed by atoms with van der Waals surface area (Å²) >= 11 is 6.06. The summed E-state index contributed by atoms with van der Waals surface area (Å²) in [6.45, 7) is 1.41. The molecule has 0 saturated heterocycles. The highest BCUT2D eigenvalue weighted by Gasteiger charge is 2.22. The van der Waals surface area contributed by atoms with Gasteiger partial charge in [-0.3, -0.25) is 14.9 Å². The normalized spacial score (nSPS) is 10.1. The SMILES string of the molecule is COC(=O)c1cc(Oc2ccc(C(C)=O)cc2Cl)ccc1[N+](=O)[O-]. The zero-order valence-electron chi connectivity index (χ0n) is 12.7. The molecule has 2 aromatic carbocycles. The van der Waals surface area contributed by atoms with Crippen molar-refractivity contribution in [3.63, 3.8) is 0 Å². The maximum Gasteiger partial charge on any atom is 0.345 e. The highest BCUT2D eigenvalue weighted by Crippen LogP contribution is 2.32. The van der Waals surface area contributed by atoms with E-state index in [1.54, 1.807) is 0 Å². The van der Waals surface area contributed by atoms with Crippen molar-refractivity contribution in [2.24, 2.45) is 0 Å². The minimum Gasteiger partial charge on any atom is -0.465 e. The summed E-state index contributed by atoms with van der Waals surface area (Å²) < 4.78 is 10.1. The molecule has 2 aromatic rings. The van der Waals surface area contributed by atoms with Crippen LogP contribution in [0.25, 0.3) is 0 Å². The standard InChI is InChI=1S/C16H12ClNO6/c1-9(19)10-3-6-15(13(17)7-10)24-11-4-5-14(18(21)22)12(8-11)16(20)23-2/h3-8H,1-2H3. The summed E-state index contributed by atoms with van der Waals surface area (Å²) in [5.74, 6) is -0.596.